The normalized spacial score (nSPS) is 11.0. The predicted molar refractivity (Wildman–Crippen MR) is 66.2 cm³/mol. The van der Waals surface area contributed by atoms with Gasteiger partial charge in [0, 0.05) is 0 Å². The molecule has 0 saturated heterocycles. The lowest BCUT2D eigenvalue weighted by Gasteiger charge is -1.99. The highest BCUT2D eigenvalue weighted by molar-refractivity contribution is 5.84. The molecule has 0 saturated carbocycles. The number of nitrogens with two attached hydrogens (primary N) is 1. The van der Waals surface area contributed by atoms with Crippen LogP contribution in [0.1, 0.15) is 5.56 Å². The molecular formula is C12H10FN5. The Balaban J connectivity index is 2.23. The second-order valence-corrected chi connectivity index (χ2v) is 4.03. The SMILES string of the molecule is Cc1ccc(-c2nc3ncnc(N)c3[nH]2)c(F)c1. The third-order valence-electron chi connectivity index (χ3n) is 2.70. The zero-order valence-electron chi connectivity index (χ0n) is 9.61. The van der Waals surface area contributed by atoms with E-state index in [0.29, 0.717) is 28.4 Å². The van der Waals surface area contributed by atoms with Crippen molar-refractivity contribution in [3.05, 3.63) is 35.9 Å². The van der Waals surface area contributed by atoms with E-state index in [1.807, 2.05) is 13.0 Å². The fourth-order valence-electron chi connectivity index (χ4n) is 1.79. The van der Waals surface area contributed by atoms with Crippen LogP contribution in [0.3, 0.4) is 0 Å². The summed E-state index contributed by atoms with van der Waals surface area (Å²) in [4.78, 5) is 15.0. The maximum absolute atomic E-state index is 13.8. The van der Waals surface area contributed by atoms with E-state index in [1.165, 1.54) is 12.4 Å². The second-order valence-electron chi connectivity index (χ2n) is 4.03. The van der Waals surface area contributed by atoms with Crippen molar-refractivity contribution in [2.45, 2.75) is 6.92 Å². The van der Waals surface area contributed by atoms with Gasteiger partial charge in [0.15, 0.2) is 11.5 Å². The van der Waals surface area contributed by atoms with E-state index >= 15 is 0 Å². The van der Waals surface area contributed by atoms with Crippen molar-refractivity contribution in [3.8, 4) is 11.4 Å². The maximum Gasteiger partial charge on any atom is 0.183 e. The van der Waals surface area contributed by atoms with Gasteiger partial charge in [0.2, 0.25) is 0 Å². The largest absolute Gasteiger partial charge is 0.382 e. The van der Waals surface area contributed by atoms with Crippen LogP contribution in [0.5, 0.6) is 0 Å². The zero-order valence-corrected chi connectivity index (χ0v) is 9.61. The fourth-order valence-corrected chi connectivity index (χ4v) is 1.79. The summed E-state index contributed by atoms with van der Waals surface area (Å²) in [5.74, 6) is 0.363. The molecule has 0 bridgehead atoms. The number of hydrogen-bond donors (Lipinski definition) is 2. The Kier molecular flexibility index (Phi) is 2.22. The molecule has 0 spiro atoms. The van der Waals surface area contributed by atoms with Gasteiger partial charge >= 0.3 is 0 Å². The number of nitrogens with one attached hydrogen (secondary N) is 1. The molecule has 5 nitrogen and oxygen atoms in total. The lowest BCUT2D eigenvalue weighted by Crippen LogP contribution is -1.91. The van der Waals surface area contributed by atoms with Crippen LogP contribution in [0, 0.1) is 12.7 Å². The van der Waals surface area contributed by atoms with Crippen LogP contribution in [0.25, 0.3) is 22.6 Å². The molecule has 3 aromatic rings. The van der Waals surface area contributed by atoms with E-state index in [4.69, 9.17) is 5.73 Å². The highest BCUT2D eigenvalue weighted by Gasteiger charge is 2.12. The standard InChI is InChI=1S/C12H10FN5/c1-6-2-3-7(8(13)4-6)11-17-9-10(14)15-5-16-12(9)18-11/h2-5H,1H3,(H3,14,15,16,17,18). The molecule has 2 heterocycles. The van der Waals surface area contributed by atoms with Gasteiger partial charge in [-0.05, 0) is 24.6 Å². The van der Waals surface area contributed by atoms with E-state index in [-0.39, 0.29) is 5.82 Å². The first-order chi connectivity index (χ1) is 8.65. The van der Waals surface area contributed by atoms with Crippen molar-refractivity contribution in [2.24, 2.45) is 0 Å². The van der Waals surface area contributed by atoms with Crippen molar-refractivity contribution in [3.63, 3.8) is 0 Å². The topological polar surface area (TPSA) is 80.5 Å². The number of anilines is 1. The Labute approximate surface area is 102 Å². The number of aromatic nitrogens is 4. The molecule has 0 radical (unpaired) electrons. The number of imidazole rings is 1. The molecule has 0 aliphatic carbocycles. The third kappa shape index (κ3) is 1.58. The first kappa shape index (κ1) is 10.6. The van der Waals surface area contributed by atoms with Crippen molar-refractivity contribution in [1.29, 1.82) is 0 Å². The summed E-state index contributed by atoms with van der Waals surface area (Å²) in [6.45, 7) is 1.83. The van der Waals surface area contributed by atoms with Gasteiger partial charge in [0.1, 0.15) is 23.5 Å². The van der Waals surface area contributed by atoms with Gasteiger partial charge in [0.05, 0.1) is 5.56 Å². The van der Waals surface area contributed by atoms with Crippen molar-refractivity contribution in [1.82, 2.24) is 19.9 Å². The molecule has 0 atom stereocenters. The monoisotopic (exact) mass is 243 g/mol. The molecule has 3 N–H and O–H groups in total. The Morgan fingerprint density at radius 3 is 2.83 bits per heavy atom. The summed E-state index contributed by atoms with van der Waals surface area (Å²) in [5, 5.41) is 0. The molecule has 0 aliphatic rings. The highest BCUT2D eigenvalue weighted by atomic mass is 19.1. The zero-order chi connectivity index (χ0) is 12.7. The number of aromatic amines is 1. The smallest absolute Gasteiger partial charge is 0.183 e. The van der Waals surface area contributed by atoms with Crippen LogP contribution in [-0.4, -0.2) is 19.9 Å². The summed E-state index contributed by atoms with van der Waals surface area (Å²) in [6, 6.07) is 4.95. The number of benzene rings is 1. The Morgan fingerprint density at radius 2 is 2.11 bits per heavy atom. The molecule has 90 valence electrons. The molecule has 0 fully saturated rings. The minimum atomic E-state index is -0.333. The van der Waals surface area contributed by atoms with Crippen LogP contribution in [-0.2, 0) is 0 Å². The van der Waals surface area contributed by atoms with Gasteiger partial charge in [-0.15, -0.1) is 0 Å². The van der Waals surface area contributed by atoms with E-state index in [1.54, 1.807) is 6.07 Å². The summed E-state index contributed by atoms with van der Waals surface area (Å²) in [5.41, 5.74) is 7.88. The summed E-state index contributed by atoms with van der Waals surface area (Å²) in [7, 11) is 0. The Morgan fingerprint density at radius 1 is 1.28 bits per heavy atom. The van der Waals surface area contributed by atoms with E-state index < -0.39 is 0 Å². The Hall–Kier alpha value is -2.50. The van der Waals surface area contributed by atoms with Gasteiger partial charge in [-0.3, -0.25) is 0 Å². The molecule has 3 rings (SSSR count). The number of aryl methyl sites for hydroxylation is 1. The van der Waals surface area contributed by atoms with Gasteiger partial charge in [-0.2, -0.15) is 0 Å². The highest BCUT2D eigenvalue weighted by Crippen LogP contribution is 2.24. The van der Waals surface area contributed by atoms with E-state index in [0.717, 1.165) is 5.56 Å². The van der Waals surface area contributed by atoms with Crippen LogP contribution < -0.4 is 5.73 Å². The maximum atomic E-state index is 13.8. The number of nitrogen functional groups attached to an aromatic ring is 1. The number of fused-ring (bicyclic) bond motifs is 1. The molecule has 6 heteroatoms. The minimum absolute atomic E-state index is 0.297. The molecule has 0 aliphatic heterocycles. The molecule has 2 aromatic heterocycles. The number of rotatable bonds is 1. The lowest BCUT2D eigenvalue weighted by molar-refractivity contribution is 0.629. The molecule has 0 unspecified atom stereocenters. The van der Waals surface area contributed by atoms with Gasteiger partial charge < -0.3 is 10.7 Å². The van der Waals surface area contributed by atoms with Crippen molar-refractivity contribution < 1.29 is 4.39 Å². The summed E-state index contributed by atoms with van der Waals surface area (Å²) >= 11 is 0. The molecule has 0 amide bonds. The van der Waals surface area contributed by atoms with Crippen LogP contribution in [0.4, 0.5) is 10.2 Å². The van der Waals surface area contributed by atoms with E-state index in [9.17, 15) is 4.39 Å². The molecule has 18 heavy (non-hydrogen) atoms. The fraction of sp³-hybridized carbons (Fsp3) is 0.0833. The number of H-pyrrole nitrogens is 1. The van der Waals surface area contributed by atoms with Crippen LogP contribution in [0.2, 0.25) is 0 Å². The average Bonchev–Trinajstić information content (AvgIpc) is 2.74. The van der Waals surface area contributed by atoms with Gasteiger partial charge in [-0.1, -0.05) is 6.07 Å². The molecular weight excluding hydrogens is 233 g/mol. The van der Waals surface area contributed by atoms with Crippen molar-refractivity contribution in [2.75, 3.05) is 5.73 Å². The third-order valence-corrected chi connectivity index (χ3v) is 2.70. The number of hydrogen-bond acceptors (Lipinski definition) is 4. The predicted octanol–water partition coefficient (Wildman–Crippen LogP) is 2.05. The Bertz CT molecular complexity index is 734. The van der Waals surface area contributed by atoms with Crippen LogP contribution in [0.15, 0.2) is 24.5 Å². The number of nitrogens with zero attached hydrogens (tertiary/aromatic N) is 3. The first-order valence-electron chi connectivity index (χ1n) is 5.38. The molecule has 1 aromatic carbocycles. The quantitative estimate of drug-likeness (QED) is 0.685. The van der Waals surface area contributed by atoms with Crippen molar-refractivity contribution >= 4 is 17.0 Å². The van der Waals surface area contributed by atoms with Gasteiger partial charge in [-0.25, -0.2) is 19.3 Å². The van der Waals surface area contributed by atoms with E-state index in [2.05, 4.69) is 19.9 Å². The lowest BCUT2D eigenvalue weighted by atomic mass is 10.1. The summed E-state index contributed by atoms with van der Waals surface area (Å²) < 4.78 is 13.8. The first-order valence-corrected chi connectivity index (χ1v) is 5.38. The number of halogens is 1. The second kappa shape index (κ2) is 3.76. The average molecular weight is 243 g/mol. The van der Waals surface area contributed by atoms with Gasteiger partial charge in [0.25, 0.3) is 0 Å². The van der Waals surface area contributed by atoms with Crippen LogP contribution >= 0.6 is 0 Å². The summed E-state index contributed by atoms with van der Waals surface area (Å²) in [6.07, 6.45) is 1.33. The minimum Gasteiger partial charge on any atom is -0.382 e.